The number of fused-ring (bicyclic) bond motifs is 1. The lowest BCUT2D eigenvalue weighted by atomic mass is 10.2. The lowest BCUT2D eigenvalue weighted by Crippen LogP contribution is -2.19. The molecule has 0 aliphatic carbocycles. The normalized spacial score (nSPS) is 10.4. The highest BCUT2D eigenvalue weighted by molar-refractivity contribution is 5.98. The van der Waals surface area contributed by atoms with Crippen LogP contribution in [-0.4, -0.2) is 27.2 Å². The molecular formula is C17H19ClN4O2. The zero-order valence-electron chi connectivity index (χ0n) is 13.2. The summed E-state index contributed by atoms with van der Waals surface area (Å²) in [7, 11) is 0. The maximum Gasteiger partial charge on any atom is 0.334 e. The molecule has 0 atom stereocenters. The fourth-order valence-corrected chi connectivity index (χ4v) is 2.37. The van der Waals surface area contributed by atoms with Gasteiger partial charge in [-0.25, -0.2) is 9.36 Å². The van der Waals surface area contributed by atoms with E-state index in [4.69, 9.17) is 0 Å². The lowest BCUT2D eigenvalue weighted by Gasteiger charge is -2.08. The molecule has 24 heavy (non-hydrogen) atoms. The Morgan fingerprint density at radius 2 is 1.88 bits per heavy atom. The molecule has 0 radical (unpaired) electrons. The monoisotopic (exact) mass is 346 g/mol. The van der Waals surface area contributed by atoms with Crippen LogP contribution in [0.5, 0.6) is 6.01 Å². The first kappa shape index (κ1) is 17.8. The Balaban J connectivity index is 0.00000208. The number of rotatable bonds is 4. The predicted molar refractivity (Wildman–Crippen MR) is 96.9 cm³/mol. The van der Waals surface area contributed by atoms with Crippen molar-refractivity contribution in [3.63, 3.8) is 0 Å². The van der Waals surface area contributed by atoms with Crippen LogP contribution in [0.25, 0.3) is 11.0 Å². The van der Waals surface area contributed by atoms with Crippen molar-refractivity contribution in [1.82, 2.24) is 14.9 Å². The van der Waals surface area contributed by atoms with E-state index in [0.717, 1.165) is 23.2 Å². The SMILES string of the molecule is CCNCc1ccc(NC(=O)n2c(O)nc3ccccc32)cc1.Cl. The summed E-state index contributed by atoms with van der Waals surface area (Å²) in [6.07, 6.45) is 0. The Morgan fingerprint density at radius 3 is 2.58 bits per heavy atom. The van der Waals surface area contributed by atoms with E-state index in [0.29, 0.717) is 16.7 Å². The fourth-order valence-electron chi connectivity index (χ4n) is 2.37. The number of halogens is 1. The van der Waals surface area contributed by atoms with Gasteiger partial charge in [0.1, 0.15) is 0 Å². The van der Waals surface area contributed by atoms with Gasteiger partial charge < -0.3 is 15.7 Å². The van der Waals surface area contributed by atoms with Crippen molar-refractivity contribution in [3.8, 4) is 6.01 Å². The standard InChI is InChI=1S/C17H18N4O2.ClH/c1-2-18-11-12-7-9-13(10-8-12)19-16(22)21-15-6-4-3-5-14(15)20-17(21)23;/h3-10,18H,2,11H2,1H3,(H,19,22)(H,20,23);1H. The fraction of sp³-hybridized carbons (Fsp3) is 0.176. The van der Waals surface area contributed by atoms with Gasteiger partial charge >= 0.3 is 12.0 Å². The molecule has 3 aromatic rings. The van der Waals surface area contributed by atoms with Crippen LogP contribution in [0.3, 0.4) is 0 Å². The summed E-state index contributed by atoms with van der Waals surface area (Å²) in [5.74, 6) is 0. The van der Waals surface area contributed by atoms with Crippen LogP contribution in [0.2, 0.25) is 0 Å². The zero-order chi connectivity index (χ0) is 16.2. The third kappa shape index (κ3) is 3.67. The minimum absolute atomic E-state index is 0. The van der Waals surface area contributed by atoms with Gasteiger partial charge in [0, 0.05) is 12.2 Å². The van der Waals surface area contributed by atoms with E-state index in [-0.39, 0.29) is 18.4 Å². The highest BCUT2D eigenvalue weighted by Gasteiger charge is 2.15. The Kier molecular flexibility index (Phi) is 5.78. The van der Waals surface area contributed by atoms with E-state index in [9.17, 15) is 9.90 Å². The summed E-state index contributed by atoms with van der Waals surface area (Å²) < 4.78 is 1.15. The summed E-state index contributed by atoms with van der Waals surface area (Å²) in [4.78, 5) is 16.4. The number of aromatic nitrogens is 2. The van der Waals surface area contributed by atoms with E-state index in [1.807, 2.05) is 24.3 Å². The minimum atomic E-state index is -0.448. The van der Waals surface area contributed by atoms with E-state index < -0.39 is 6.03 Å². The summed E-state index contributed by atoms with van der Waals surface area (Å²) in [6, 6.07) is 13.9. The van der Waals surface area contributed by atoms with E-state index in [1.54, 1.807) is 24.3 Å². The molecule has 0 saturated carbocycles. The number of benzene rings is 2. The molecular weight excluding hydrogens is 328 g/mol. The lowest BCUT2D eigenvalue weighted by molar-refractivity contribution is 0.251. The third-order valence-electron chi connectivity index (χ3n) is 3.53. The first-order chi connectivity index (χ1) is 11.2. The van der Waals surface area contributed by atoms with E-state index >= 15 is 0 Å². The smallest absolute Gasteiger partial charge is 0.334 e. The highest BCUT2D eigenvalue weighted by Crippen LogP contribution is 2.20. The van der Waals surface area contributed by atoms with Crippen molar-refractivity contribution in [2.24, 2.45) is 0 Å². The van der Waals surface area contributed by atoms with Crippen LogP contribution in [0.4, 0.5) is 10.5 Å². The van der Waals surface area contributed by atoms with Crippen LogP contribution in [0, 0.1) is 0 Å². The van der Waals surface area contributed by atoms with Gasteiger partial charge in [-0.2, -0.15) is 4.98 Å². The molecule has 6 nitrogen and oxygen atoms in total. The topological polar surface area (TPSA) is 79.2 Å². The van der Waals surface area contributed by atoms with Gasteiger partial charge in [0.05, 0.1) is 11.0 Å². The quantitative estimate of drug-likeness (QED) is 0.677. The third-order valence-corrected chi connectivity index (χ3v) is 3.53. The van der Waals surface area contributed by atoms with Gasteiger partial charge in [-0.3, -0.25) is 0 Å². The van der Waals surface area contributed by atoms with Crippen molar-refractivity contribution in [2.75, 3.05) is 11.9 Å². The van der Waals surface area contributed by atoms with E-state index in [1.165, 1.54) is 0 Å². The van der Waals surface area contributed by atoms with Crippen molar-refractivity contribution >= 4 is 35.2 Å². The molecule has 1 aromatic heterocycles. The Morgan fingerprint density at radius 1 is 1.17 bits per heavy atom. The number of nitrogens with one attached hydrogen (secondary N) is 2. The Bertz CT molecular complexity index is 830. The number of anilines is 1. The number of carbonyl (C=O) groups excluding carboxylic acids is 1. The summed E-state index contributed by atoms with van der Waals surface area (Å²) >= 11 is 0. The maximum absolute atomic E-state index is 12.4. The molecule has 0 fully saturated rings. The van der Waals surface area contributed by atoms with Crippen molar-refractivity contribution in [3.05, 3.63) is 54.1 Å². The van der Waals surface area contributed by atoms with Gasteiger partial charge in [0.15, 0.2) is 0 Å². The molecule has 0 unspecified atom stereocenters. The van der Waals surface area contributed by atoms with Gasteiger partial charge in [0.2, 0.25) is 0 Å². The van der Waals surface area contributed by atoms with Crippen molar-refractivity contribution in [1.29, 1.82) is 0 Å². The molecule has 0 spiro atoms. The summed E-state index contributed by atoms with van der Waals surface area (Å²) in [5, 5.41) is 15.9. The average Bonchev–Trinajstić information content (AvgIpc) is 2.90. The molecule has 0 aliphatic heterocycles. The largest absolute Gasteiger partial charge is 0.480 e. The van der Waals surface area contributed by atoms with Gasteiger partial charge in [-0.15, -0.1) is 12.4 Å². The van der Waals surface area contributed by atoms with Crippen LogP contribution in [0.15, 0.2) is 48.5 Å². The number of imidazole rings is 1. The number of hydrogen-bond acceptors (Lipinski definition) is 4. The van der Waals surface area contributed by atoms with Crippen LogP contribution in [-0.2, 0) is 6.54 Å². The van der Waals surface area contributed by atoms with Crippen LogP contribution in [0.1, 0.15) is 12.5 Å². The van der Waals surface area contributed by atoms with Crippen molar-refractivity contribution in [2.45, 2.75) is 13.5 Å². The molecule has 2 aromatic carbocycles. The van der Waals surface area contributed by atoms with Gasteiger partial charge in [0.25, 0.3) is 0 Å². The molecule has 0 bridgehead atoms. The first-order valence-corrected chi connectivity index (χ1v) is 7.46. The predicted octanol–water partition coefficient (Wildman–Crippen LogP) is 3.35. The summed E-state index contributed by atoms with van der Waals surface area (Å²) in [5.41, 5.74) is 2.93. The molecule has 3 rings (SSSR count). The number of para-hydroxylation sites is 2. The second kappa shape index (κ2) is 7.81. The second-order valence-electron chi connectivity index (χ2n) is 5.14. The van der Waals surface area contributed by atoms with Crippen LogP contribution >= 0.6 is 12.4 Å². The number of amides is 1. The molecule has 7 heteroatoms. The summed E-state index contributed by atoms with van der Waals surface area (Å²) in [6.45, 7) is 3.75. The molecule has 1 heterocycles. The Labute approximate surface area is 145 Å². The average molecular weight is 347 g/mol. The second-order valence-corrected chi connectivity index (χ2v) is 5.14. The number of carbonyl (C=O) groups is 1. The Hall–Kier alpha value is -2.57. The highest BCUT2D eigenvalue weighted by atomic mass is 35.5. The minimum Gasteiger partial charge on any atom is -0.480 e. The zero-order valence-corrected chi connectivity index (χ0v) is 14.0. The molecule has 0 saturated heterocycles. The number of hydrogen-bond donors (Lipinski definition) is 3. The molecule has 1 amide bonds. The molecule has 3 N–H and O–H groups in total. The maximum atomic E-state index is 12.4. The molecule has 0 aliphatic rings. The molecule has 126 valence electrons. The van der Waals surface area contributed by atoms with Gasteiger partial charge in [-0.1, -0.05) is 31.2 Å². The van der Waals surface area contributed by atoms with Crippen LogP contribution < -0.4 is 10.6 Å². The first-order valence-electron chi connectivity index (χ1n) is 7.46. The number of aromatic hydroxyl groups is 1. The van der Waals surface area contributed by atoms with E-state index in [2.05, 4.69) is 22.5 Å². The number of nitrogens with zero attached hydrogens (tertiary/aromatic N) is 2. The van der Waals surface area contributed by atoms with Gasteiger partial charge in [-0.05, 0) is 36.4 Å². The van der Waals surface area contributed by atoms with Crippen molar-refractivity contribution < 1.29 is 9.90 Å².